The average Bonchev–Trinajstić information content (AvgIpc) is 2.47. The van der Waals surface area contributed by atoms with Gasteiger partial charge in [-0.05, 0) is 37.1 Å². The van der Waals surface area contributed by atoms with Crippen LogP contribution in [0.1, 0.15) is 39.5 Å². The summed E-state index contributed by atoms with van der Waals surface area (Å²) in [4.78, 5) is 11.8. The molecule has 1 aromatic rings. The first kappa shape index (κ1) is 21.7. The van der Waals surface area contributed by atoms with E-state index in [-0.39, 0.29) is 24.1 Å². The van der Waals surface area contributed by atoms with Gasteiger partial charge >= 0.3 is 0 Å². The monoisotopic (exact) mass is 363 g/mol. The summed E-state index contributed by atoms with van der Waals surface area (Å²) < 4.78 is 26.1. The molecule has 6 nitrogen and oxygen atoms in total. The normalized spacial score (nSPS) is 12.1. The highest BCUT2D eigenvalue weighted by molar-refractivity contribution is 7.92. The highest BCUT2D eigenvalue weighted by Gasteiger charge is 2.13. The number of anilines is 2. The molecule has 0 fully saturated rings. The van der Waals surface area contributed by atoms with Crippen LogP contribution in [0.25, 0.3) is 0 Å². The van der Waals surface area contributed by atoms with Crippen molar-refractivity contribution < 1.29 is 13.2 Å². The molecule has 132 valence electrons. The Labute approximate surface area is 144 Å². The number of carbonyl (C=O) groups excluding carboxylic acids is 1. The quantitative estimate of drug-likeness (QED) is 0.627. The number of rotatable bonds is 9. The van der Waals surface area contributed by atoms with Crippen molar-refractivity contribution >= 4 is 39.7 Å². The molecule has 0 spiro atoms. The molecule has 1 aromatic carbocycles. The first-order chi connectivity index (χ1) is 10.4. The molecule has 0 radical (unpaired) electrons. The van der Waals surface area contributed by atoms with Crippen molar-refractivity contribution in [3.8, 4) is 0 Å². The minimum absolute atomic E-state index is 0. The molecule has 0 saturated carbocycles. The Bertz CT molecular complexity index is 576. The van der Waals surface area contributed by atoms with E-state index in [0.29, 0.717) is 24.2 Å². The van der Waals surface area contributed by atoms with E-state index < -0.39 is 16.1 Å². The van der Waals surface area contributed by atoms with E-state index in [4.69, 9.17) is 5.73 Å². The number of nitrogens with two attached hydrogens (primary N) is 1. The third-order valence-corrected chi connectivity index (χ3v) is 4.50. The lowest BCUT2D eigenvalue weighted by Gasteiger charge is -2.12. The topological polar surface area (TPSA) is 101 Å². The Morgan fingerprint density at radius 1 is 1.13 bits per heavy atom. The van der Waals surface area contributed by atoms with Crippen LogP contribution in [0.2, 0.25) is 0 Å². The molecule has 1 rings (SSSR count). The minimum Gasteiger partial charge on any atom is -0.325 e. The number of benzene rings is 1. The fourth-order valence-corrected chi connectivity index (χ4v) is 3.13. The van der Waals surface area contributed by atoms with E-state index in [9.17, 15) is 13.2 Å². The Kier molecular flexibility index (Phi) is 9.87. The summed E-state index contributed by atoms with van der Waals surface area (Å²) in [6.07, 6.45) is 2.91. The van der Waals surface area contributed by atoms with Crippen LogP contribution in [0.4, 0.5) is 11.4 Å². The second kappa shape index (κ2) is 10.5. The van der Waals surface area contributed by atoms with Crippen LogP contribution >= 0.6 is 12.4 Å². The number of hydrogen-bond donors (Lipinski definition) is 3. The van der Waals surface area contributed by atoms with E-state index >= 15 is 0 Å². The number of halogens is 1. The van der Waals surface area contributed by atoms with Gasteiger partial charge in [0.05, 0.1) is 11.8 Å². The number of sulfonamides is 1. The molecule has 1 unspecified atom stereocenters. The lowest BCUT2D eigenvalue weighted by Crippen LogP contribution is -2.35. The molecule has 0 heterocycles. The molecule has 0 aliphatic heterocycles. The van der Waals surface area contributed by atoms with Crippen LogP contribution in [-0.2, 0) is 14.8 Å². The van der Waals surface area contributed by atoms with Crippen molar-refractivity contribution in [2.45, 2.75) is 45.6 Å². The number of carbonyl (C=O) groups is 1. The van der Waals surface area contributed by atoms with Crippen molar-refractivity contribution in [2.24, 2.45) is 5.73 Å². The number of hydrogen-bond acceptors (Lipinski definition) is 4. The largest absolute Gasteiger partial charge is 0.325 e. The molecule has 0 aliphatic carbocycles. The van der Waals surface area contributed by atoms with E-state index in [1.807, 2.05) is 13.8 Å². The molecule has 0 saturated heterocycles. The van der Waals surface area contributed by atoms with Crippen LogP contribution in [0.5, 0.6) is 0 Å². The highest BCUT2D eigenvalue weighted by atomic mass is 35.5. The van der Waals surface area contributed by atoms with Crippen molar-refractivity contribution in [2.75, 3.05) is 15.8 Å². The third-order valence-electron chi connectivity index (χ3n) is 3.13. The maximum atomic E-state index is 11.8. The van der Waals surface area contributed by atoms with Crippen molar-refractivity contribution in [3.05, 3.63) is 24.3 Å². The van der Waals surface area contributed by atoms with Crippen molar-refractivity contribution in [3.63, 3.8) is 0 Å². The summed E-state index contributed by atoms with van der Waals surface area (Å²) in [6, 6.07) is 5.99. The average molecular weight is 364 g/mol. The standard InChI is InChI=1S/C15H25N3O3S.ClH/c1-3-5-11-22(20,21)18-13-9-7-12(8-10-13)17-15(19)14(16)6-4-2;/h7-10,14,18H,3-6,11,16H2,1-2H3,(H,17,19);1H. The second-order valence-corrected chi connectivity index (χ2v) is 7.08. The lowest BCUT2D eigenvalue weighted by atomic mass is 10.1. The third kappa shape index (κ3) is 8.20. The van der Waals surface area contributed by atoms with E-state index in [2.05, 4.69) is 10.0 Å². The summed E-state index contributed by atoms with van der Waals surface area (Å²) in [5.41, 5.74) is 6.80. The van der Waals surface area contributed by atoms with Gasteiger partial charge in [0.25, 0.3) is 0 Å². The first-order valence-electron chi connectivity index (χ1n) is 7.55. The minimum atomic E-state index is -3.31. The molecule has 4 N–H and O–H groups in total. The number of amides is 1. The smallest absolute Gasteiger partial charge is 0.241 e. The Balaban J connectivity index is 0.00000484. The van der Waals surface area contributed by atoms with Crippen LogP contribution in [-0.4, -0.2) is 26.1 Å². The fourth-order valence-electron chi connectivity index (χ4n) is 1.86. The predicted octanol–water partition coefficient (Wildman–Crippen LogP) is 2.72. The Morgan fingerprint density at radius 2 is 1.70 bits per heavy atom. The van der Waals surface area contributed by atoms with Gasteiger partial charge in [0, 0.05) is 11.4 Å². The lowest BCUT2D eigenvalue weighted by molar-refractivity contribution is -0.117. The highest BCUT2D eigenvalue weighted by Crippen LogP contribution is 2.15. The zero-order valence-corrected chi connectivity index (χ0v) is 15.2. The van der Waals surface area contributed by atoms with Crippen LogP contribution in [0.3, 0.4) is 0 Å². The van der Waals surface area contributed by atoms with Crippen LogP contribution in [0, 0.1) is 0 Å². The van der Waals surface area contributed by atoms with Gasteiger partial charge < -0.3 is 11.1 Å². The molecule has 1 atom stereocenters. The van der Waals surface area contributed by atoms with Gasteiger partial charge in [0.2, 0.25) is 15.9 Å². The summed E-state index contributed by atoms with van der Waals surface area (Å²) >= 11 is 0. The number of unbranched alkanes of at least 4 members (excludes halogenated alkanes) is 1. The van der Waals surface area contributed by atoms with Gasteiger partial charge in [0.15, 0.2) is 0 Å². The molecule has 0 aliphatic rings. The summed E-state index contributed by atoms with van der Waals surface area (Å²) in [5, 5.41) is 2.71. The van der Waals surface area contributed by atoms with E-state index in [0.717, 1.165) is 12.8 Å². The van der Waals surface area contributed by atoms with Gasteiger partial charge in [-0.25, -0.2) is 8.42 Å². The van der Waals surface area contributed by atoms with Crippen LogP contribution in [0.15, 0.2) is 24.3 Å². The Hall–Kier alpha value is -1.31. The van der Waals surface area contributed by atoms with E-state index in [1.165, 1.54) is 0 Å². The van der Waals surface area contributed by atoms with Gasteiger partial charge in [-0.3, -0.25) is 9.52 Å². The fraction of sp³-hybridized carbons (Fsp3) is 0.533. The van der Waals surface area contributed by atoms with Crippen LogP contribution < -0.4 is 15.8 Å². The maximum Gasteiger partial charge on any atom is 0.241 e. The molecular formula is C15H26ClN3O3S. The summed E-state index contributed by atoms with van der Waals surface area (Å²) in [6.45, 7) is 3.91. The Morgan fingerprint density at radius 3 is 2.22 bits per heavy atom. The van der Waals surface area contributed by atoms with Crippen molar-refractivity contribution in [1.29, 1.82) is 0 Å². The zero-order valence-electron chi connectivity index (χ0n) is 13.5. The van der Waals surface area contributed by atoms with Gasteiger partial charge in [-0.15, -0.1) is 12.4 Å². The van der Waals surface area contributed by atoms with Crippen molar-refractivity contribution in [1.82, 2.24) is 0 Å². The molecule has 8 heteroatoms. The van der Waals surface area contributed by atoms with Gasteiger partial charge in [-0.2, -0.15) is 0 Å². The first-order valence-corrected chi connectivity index (χ1v) is 9.20. The van der Waals surface area contributed by atoms with Gasteiger partial charge in [-0.1, -0.05) is 26.7 Å². The maximum absolute atomic E-state index is 11.8. The van der Waals surface area contributed by atoms with E-state index in [1.54, 1.807) is 24.3 Å². The molecule has 23 heavy (non-hydrogen) atoms. The molecule has 1 amide bonds. The summed E-state index contributed by atoms with van der Waals surface area (Å²) in [5.74, 6) is -0.133. The zero-order chi connectivity index (χ0) is 16.6. The molecular weight excluding hydrogens is 338 g/mol. The molecule has 0 bridgehead atoms. The SMILES string of the molecule is CCCCS(=O)(=O)Nc1ccc(NC(=O)C(N)CCC)cc1.Cl. The summed E-state index contributed by atoms with van der Waals surface area (Å²) in [7, 11) is -3.31. The predicted molar refractivity (Wildman–Crippen MR) is 97.5 cm³/mol. The molecule has 0 aromatic heterocycles. The second-order valence-electron chi connectivity index (χ2n) is 5.24. The number of nitrogens with one attached hydrogen (secondary N) is 2. The van der Waals surface area contributed by atoms with Gasteiger partial charge in [0.1, 0.15) is 0 Å².